The summed E-state index contributed by atoms with van der Waals surface area (Å²) in [5, 5.41) is 3.93. The monoisotopic (exact) mass is 336 g/mol. The molecule has 0 radical (unpaired) electrons. The van der Waals surface area contributed by atoms with Crippen LogP contribution in [-0.4, -0.2) is 27.6 Å². The highest BCUT2D eigenvalue weighted by Crippen LogP contribution is 2.38. The number of nitrogens with one attached hydrogen (secondary N) is 1. The van der Waals surface area contributed by atoms with Gasteiger partial charge in [0.15, 0.2) is 0 Å². The minimum Gasteiger partial charge on any atom is -0.481 e. The second kappa shape index (κ2) is 5.88. The second-order valence-electron chi connectivity index (χ2n) is 6.59. The van der Waals surface area contributed by atoms with Gasteiger partial charge in [-0.3, -0.25) is 4.79 Å². The molecule has 3 aromatic rings. The van der Waals surface area contributed by atoms with Crippen molar-refractivity contribution in [2.75, 3.05) is 12.4 Å². The van der Waals surface area contributed by atoms with E-state index in [1.54, 1.807) is 19.5 Å². The SMILES string of the molecule is COc1ncccc1-c1cc2cnc(NC(=O)C3CC3C)cc2n1C. The van der Waals surface area contributed by atoms with Crippen molar-refractivity contribution in [1.29, 1.82) is 0 Å². The lowest BCUT2D eigenvalue weighted by Crippen LogP contribution is -2.15. The molecule has 6 nitrogen and oxygen atoms in total. The number of carbonyl (C=O) groups excluding carboxylic acids is 1. The van der Waals surface area contributed by atoms with E-state index in [4.69, 9.17) is 4.74 Å². The molecule has 2 unspecified atom stereocenters. The lowest BCUT2D eigenvalue weighted by Gasteiger charge is -2.08. The first kappa shape index (κ1) is 15.6. The Morgan fingerprint density at radius 3 is 2.88 bits per heavy atom. The van der Waals surface area contributed by atoms with E-state index < -0.39 is 0 Å². The van der Waals surface area contributed by atoms with E-state index in [1.807, 2.05) is 25.2 Å². The summed E-state index contributed by atoms with van der Waals surface area (Å²) >= 11 is 0. The zero-order valence-electron chi connectivity index (χ0n) is 14.5. The summed E-state index contributed by atoms with van der Waals surface area (Å²) in [4.78, 5) is 20.8. The molecular formula is C19H20N4O2. The van der Waals surface area contributed by atoms with Crippen molar-refractivity contribution in [1.82, 2.24) is 14.5 Å². The van der Waals surface area contributed by atoms with Gasteiger partial charge in [0.25, 0.3) is 0 Å². The molecule has 25 heavy (non-hydrogen) atoms. The molecule has 1 amide bonds. The predicted octanol–water partition coefficient (Wildman–Crippen LogP) is 3.24. The number of rotatable bonds is 4. The van der Waals surface area contributed by atoms with Gasteiger partial charge in [-0.2, -0.15) is 0 Å². The van der Waals surface area contributed by atoms with Gasteiger partial charge in [-0.25, -0.2) is 9.97 Å². The molecule has 0 aromatic carbocycles. The van der Waals surface area contributed by atoms with Crippen molar-refractivity contribution in [3.63, 3.8) is 0 Å². The number of aryl methyl sites for hydroxylation is 1. The first-order valence-corrected chi connectivity index (χ1v) is 8.34. The fourth-order valence-electron chi connectivity index (χ4n) is 3.21. The molecule has 0 spiro atoms. The maximum atomic E-state index is 12.1. The molecular weight excluding hydrogens is 316 g/mol. The van der Waals surface area contributed by atoms with E-state index in [2.05, 4.69) is 32.8 Å². The number of methoxy groups -OCH3 is 1. The molecule has 0 aliphatic heterocycles. The summed E-state index contributed by atoms with van der Waals surface area (Å²) in [5.41, 5.74) is 2.90. The highest BCUT2D eigenvalue weighted by Gasteiger charge is 2.39. The van der Waals surface area contributed by atoms with Gasteiger partial charge in [0.05, 0.1) is 23.9 Å². The van der Waals surface area contributed by atoms with Crippen LogP contribution in [0.3, 0.4) is 0 Å². The van der Waals surface area contributed by atoms with Crippen LogP contribution in [0.1, 0.15) is 13.3 Å². The van der Waals surface area contributed by atoms with E-state index in [9.17, 15) is 4.79 Å². The largest absolute Gasteiger partial charge is 0.481 e. The van der Waals surface area contributed by atoms with Crippen molar-refractivity contribution < 1.29 is 9.53 Å². The summed E-state index contributed by atoms with van der Waals surface area (Å²) in [6, 6.07) is 7.82. The van der Waals surface area contributed by atoms with Crippen LogP contribution < -0.4 is 10.1 Å². The summed E-state index contributed by atoms with van der Waals surface area (Å²) in [6.07, 6.45) is 4.45. The molecule has 1 aliphatic carbocycles. The van der Waals surface area contributed by atoms with Crippen molar-refractivity contribution >= 4 is 22.6 Å². The number of carbonyl (C=O) groups is 1. The van der Waals surface area contributed by atoms with Gasteiger partial charge in [-0.05, 0) is 30.5 Å². The van der Waals surface area contributed by atoms with Gasteiger partial charge >= 0.3 is 0 Å². The van der Waals surface area contributed by atoms with Gasteiger partial charge in [0, 0.05) is 36.8 Å². The molecule has 1 fully saturated rings. The Morgan fingerprint density at radius 1 is 1.36 bits per heavy atom. The number of hydrogen-bond donors (Lipinski definition) is 1. The van der Waals surface area contributed by atoms with Gasteiger partial charge in [0.1, 0.15) is 5.82 Å². The van der Waals surface area contributed by atoms with Gasteiger partial charge in [-0.15, -0.1) is 0 Å². The van der Waals surface area contributed by atoms with Crippen LogP contribution in [0.15, 0.2) is 36.7 Å². The fourth-order valence-corrected chi connectivity index (χ4v) is 3.21. The average molecular weight is 336 g/mol. The Hall–Kier alpha value is -2.89. The molecule has 3 aromatic heterocycles. The minimum absolute atomic E-state index is 0.0581. The van der Waals surface area contributed by atoms with Crippen LogP contribution >= 0.6 is 0 Å². The second-order valence-corrected chi connectivity index (χ2v) is 6.59. The van der Waals surface area contributed by atoms with E-state index in [0.29, 0.717) is 17.6 Å². The Bertz CT molecular complexity index is 963. The third-order valence-electron chi connectivity index (χ3n) is 4.86. The zero-order chi connectivity index (χ0) is 17.6. The summed E-state index contributed by atoms with van der Waals surface area (Å²) in [5.74, 6) is 1.83. The number of hydrogen-bond acceptors (Lipinski definition) is 4. The van der Waals surface area contributed by atoms with Crippen molar-refractivity contribution in [3.8, 4) is 17.1 Å². The van der Waals surface area contributed by atoms with E-state index in [-0.39, 0.29) is 11.8 Å². The predicted molar refractivity (Wildman–Crippen MR) is 96.4 cm³/mol. The number of anilines is 1. The molecule has 2 atom stereocenters. The number of ether oxygens (including phenoxy) is 1. The van der Waals surface area contributed by atoms with Crippen molar-refractivity contribution in [3.05, 3.63) is 36.7 Å². The average Bonchev–Trinajstić information content (AvgIpc) is 3.28. The number of nitrogens with zero attached hydrogens (tertiary/aromatic N) is 3. The van der Waals surface area contributed by atoms with Crippen LogP contribution in [0.2, 0.25) is 0 Å². The molecule has 1 saturated carbocycles. The molecule has 4 rings (SSSR count). The highest BCUT2D eigenvalue weighted by molar-refractivity contribution is 5.96. The molecule has 128 valence electrons. The normalized spacial score (nSPS) is 19.0. The first-order chi connectivity index (χ1) is 12.1. The van der Waals surface area contributed by atoms with Gasteiger partial charge in [-0.1, -0.05) is 6.92 Å². The molecule has 1 N–H and O–H groups in total. The number of aromatic nitrogens is 3. The van der Waals surface area contributed by atoms with E-state index in [1.165, 1.54) is 0 Å². The van der Waals surface area contributed by atoms with E-state index in [0.717, 1.165) is 28.6 Å². The van der Waals surface area contributed by atoms with Crippen molar-refractivity contribution in [2.45, 2.75) is 13.3 Å². The maximum Gasteiger partial charge on any atom is 0.228 e. The smallest absolute Gasteiger partial charge is 0.228 e. The number of pyridine rings is 2. The quantitative estimate of drug-likeness (QED) is 0.794. The summed E-state index contributed by atoms with van der Waals surface area (Å²) in [6.45, 7) is 2.09. The summed E-state index contributed by atoms with van der Waals surface area (Å²) in [7, 11) is 3.60. The standard InChI is InChI=1S/C19H20N4O2/c1-11-7-14(11)18(24)22-17-9-15-12(10-21-17)8-16(23(15)2)13-5-4-6-20-19(13)25-3/h4-6,8-11,14H,7H2,1-3H3,(H,21,22,24). The van der Waals surface area contributed by atoms with Gasteiger partial charge in [0.2, 0.25) is 11.8 Å². The summed E-state index contributed by atoms with van der Waals surface area (Å²) < 4.78 is 7.43. The van der Waals surface area contributed by atoms with E-state index >= 15 is 0 Å². The number of amides is 1. The zero-order valence-corrected chi connectivity index (χ0v) is 14.5. The Morgan fingerprint density at radius 2 is 2.16 bits per heavy atom. The Labute approximate surface area is 145 Å². The van der Waals surface area contributed by atoms with Crippen LogP contribution in [0.5, 0.6) is 5.88 Å². The minimum atomic E-state index is 0.0581. The third kappa shape index (κ3) is 2.73. The first-order valence-electron chi connectivity index (χ1n) is 8.34. The van der Waals surface area contributed by atoms with Crippen molar-refractivity contribution in [2.24, 2.45) is 18.9 Å². The number of fused-ring (bicyclic) bond motifs is 1. The van der Waals surface area contributed by atoms with Crippen LogP contribution in [0, 0.1) is 11.8 Å². The van der Waals surface area contributed by atoms with Crippen LogP contribution in [0.4, 0.5) is 5.82 Å². The lowest BCUT2D eigenvalue weighted by atomic mass is 10.2. The molecule has 6 heteroatoms. The molecule has 0 saturated heterocycles. The topological polar surface area (TPSA) is 69.0 Å². The molecule has 1 aliphatic rings. The fraction of sp³-hybridized carbons (Fsp3) is 0.316. The maximum absolute atomic E-state index is 12.1. The van der Waals surface area contributed by atoms with Crippen LogP contribution in [-0.2, 0) is 11.8 Å². The lowest BCUT2D eigenvalue weighted by molar-refractivity contribution is -0.117. The Balaban J connectivity index is 1.71. The van der Waals surface area contributed by atoms with Gasteiger partial charge < -0.3 is 14.6 Å². The third-order valence-corrected chi connectivity index (χ3v) is 4.86. The van der Waals surface area contributed by atoms with Crippen LogP contribution in [0.25, 0.3) is 22.2 Å². The molecule has 0 bridgehead atoms. The Kier molecular flexibility index (Phi) is 3.67. The molecule has 3 heterocycles. The highest BCUT2D eigenvalue weighted by atomic mass is 16.5.